The maximum atomic E-state index is 13.0. The molecule has 3 fully saturated rings. The monoisotopic (exact) mass is 959 g/mol. The van der Waals surface area contributed by atoms with E-state index in [0.717, 1.165) is 5.06 Å². The number of hydrogen-bond acceptors (Lipinski definition) is 23. The molecule has 0 aromatic carbocycles. The van der Waals surface area contributed by atoms with Crippen LogP contribution in [0.3, 0.4) is 0 Å². The molecular weight excluding hydrogens is 890 g/mol. The zero-order valence-electron chi connectivity index (χ0n) is 36.9. The number of hydroxylamine groups is 2. The van der Waals surface area contributed by atoms with Gasteiger partial charge in [-0.25, -0.2) is 0 Å². The minimum absolute atomic E-state index is 0.103. The lowest BCUT2D eigenvalue weighted by Crippen LogP contribution is -2.67. The van der Waals surface area contributed by atoms with E-state index in [-0.39, 0.29) is 19.4 Å². The van der Waals surface area contributed by atoms with Gasteiger partial charge in [0.25, 0.3) is 0 Å². The van der Waals surface area contributed by atoms with E-state index in [0.29, 0.717) is 32.2 Å². The van der Waals surface area contributed by atoms with Gasteiger partial charge in [0.15, 0.2) is 18.8 Å². The number of unbranched alkanes of at least 4 members (excludes halogenated alkanes) is 2. The lowest BCUT2D eigenvalue weighted by atomic mass is 9.95. The third kappa shape index (κ3) is 15.8. The quantitative estimate of drug-likeness (QED) is 0.0283. The summed E-state index contributed by atoms with van der Waals surface area (Å²) < 4.78 is 27.8. The van der Waals surface area contributed by atoms with E-state index in [9.17, 15) is 75.0 Å². The summed E-state index contributed by atoms with van der Waals surface area (Å²) >= 11 is 0. The molecule has 3 aliphatic heterocycles. The fourth-order valence-electron chi connectivity index (χ4n) is 7.31. The highest BCUT2D eigenvalue weighted by molar-refractivity contribution is 5.93. The van der Waals surface area contributed by atoms with Crippen LogP contribution in [0.2, 0.25) is 0 Å². The molecule has 0 bridgehead atoms. The van der Waals surface area contributed by atoms with Gasteiger partial charge in [-0.2, -0.15) is 5.06 Å². The van der Waals surface area contributed by atoms with Crippen LogP contribution in [0.4, 0.5) is 0 Å². The maximum absolute atomic E-state index is 13.0. The highest BCUT2D eigenvalue weighted by atomic mass is 16.8. The number of nitrogens with one attached hydrogen (secondary N) is 4. The normalized spacial score (nSPS) is 33.9. The van der Waals surface area contributed by atoms with Gasteiger partial charge >= 0.3 is 0 Å². The number of ether oxygens (including phenoxy) is 5. The molecule has 0 aliphatic carbocycles. The third-order valence-corrected chi connectivity index (χ3v) is 11.1. The van der Waals surface area contributed by atoms with Gasteiger partial charge in [-0.1, -0.05) is 0 Å². The zero-order valence-corrected chi connectivity index (χ0v) is 36.9. The molecule has 0 saturated carbocycles. The van der Waals surface area contributed by atoms with Gasteiger partial charge in [0.2, 0.25) is 29.5 Å². The molecule has 0 unspecified atom stereocenters. The second-order valence-electron chi connectivity index (χ2n) is 16.2. The van der Waals surface area contributed by atoms with Gasteiger partial charge in [-0.3, -0.25) is 28.8 Å². The number of aliphatic hydroxyl groups is 10. The average molecular weight is 960 g/mol. The Bertz CT molecular complexity index is 1540. The Morgan fingerprint density at radius 1 is 0.652 bits per heavy atom. The van der Waals surface area contributed by atoms with Crippen molar-refractivity contribution >= 4 is 29.5 Å². The Kier molecular flexibility index (Phi) is 23.8. The Morgan fingerprint density at radius 3 is 1.74 bits per heavy atom. The SMILES string of the molecule is CC(=O)N[C@@H](CCCCNC(=O)CON(C)[C@H]1O[C@H](CO)[C@@H](O[C@H]2O[C@H](CO)[C@@H](O[C@H]3O[C@H](CO)[C@@H](O)[C@H](O)[C@H]3O)[C@H](O)[C@H]2O)[C@H](O)[C@H]1O)C(=O)N[C@@H](C)C(=O)N[C@@H](CCCCN)C(N)=O. The third-order valence-electron chi connectivity index (χ3n) is 11.1. The predicted octanol–water partition coefficient (Wildman–Crippen LogP) is -9.31. The summed E-state index contributed by atoms with van der Waals surface area (Å²) in [4.78, 5) is 67.3. The van der Waals surface area contributed by atoms with E-state index in [4.69, 9.17) is 40.0 Å². The summed E-state index contributed by atoms with van der Waals surface area (Å²) in [5, 5.41) is 115. The van der Waals surface area contributed by atoms with E-state index in [1.807, 2.05) is 0 Å². The van der Waals surface area contributed by atoms with Crippen molar-refractivity contribution in [3.05, 3.63) is 0 Å². The number of hydrogen-bond donors (Lipinski definition) is 16. The van der Waals surface area contributed by atoms with E-state index in [2.05, 4.69) is 21.3 Å². The fourth-order valence-corrected chi connectivity index (χ4v) is 7.31. The fraction of sp³-hybridized carbons (Fsp3) is 0.868. The maximum Gasteiger partial charge on any atom is 0.248 e. The number of rotatable bonds is 26. The average Bonchev–Trinajstić information content (AvgIpc) is 3.28. The van der Waals surface area contributed by atoms with Crippen LogP contribution in [0.25, 0.3) is 0 Å². The van der Waals surface area contributed by atoms with Crippen LogP contribution in [0.15, 0.2) is 0 Å². The van der Waals surface area contributed by atoms with Gasteiger partial charge < -0.3 is 107 Å². The lowest BCUT2D eigenvalue weighted by molar-refractivity contribution is -0.381. The van der Waals surface area contributed by atoms with Gasteiger partial charge in [-0.15, -0.1) is 0 Å². The molecule has 66 heavy (non-hydrogen) atoms. The van der Waals surface area contributed by atoms with Crippen LogP contribution < -0.4 is 32.7 Å². The number of likely N-dealkylation sites (N-methyl/N-ethyl adjacent to an activating group) is 1. The largest absolute Gasteiger partial charge is 0.394 e. The summed E-state index contributed by atoms with van der Waals surface area (Å²) in [6.45, 7) is -0.0157. The van der Waals surface area contributed by atoms with Crippen LogP contribution in [0, 0.1) is 0 Å². The van der Waals surface area contributed by atoms with E-state index < -0.39 is 166 Å². The Balaban J connectivity index is 1.47. The molecular formula is C38H69N7O21. The number of carbonyl (C=O) groups is 5. The van der Waals surface area contributed by atoms with Crippen LogP contribution in [0.5, 0.6) is 0 Å². The van der Waals surface area contributed by atoms with Crippen LogP contribution in [-0.4, -0.2) is 242 Å². The van der Waals surface area contributed by atoms with Crippen molar-refractivity contribution in [2.24, 2.45) is 11.5 Å². The van der Waals surface area contributed by atoms with Gasteiger partial charge in [0, 0.05) is 20.5 Å². The molecule has 28 heteroatoms. The van der Waals surface area contributed by atoms with Crippen LogP contribution in [0.1, 0.15) is 52.4 Å². The first-order chi connectivity index (χ1) is 31.2. The molecule has 0 spiro atoms. The Morgan fingerprint density at radius 2 is 1.18 bits per heavy atom. The second kappa shape index (κ2) is 27.6. The van der Waals surface area contributed by atoms with Crippen molar-refractivity contribution in [2.45, 2.75) is 163 Å². The molecule has 0 aromatic heterocycles. The molecule has 18 atom stereocenters. The number of nitrogens with zero attached hydrogens (tertiary/aromatic N) is 1. The molecule has 3 saturated heterocycles. The molecule has 3 heterocycles. The Labute approximate surface area is 379 Å². The van der Waals surface area contributed by atoms with Crippen LogP contribution in [-0.2, 0) is 52.5 Å². The standard InChI is InChI=1S/C38H69N7O21/c1-16(34(59)44-18(33(40)58)8-4-6-10-39)42-35(60)19(43-17(2)49)9-5-7-11-41-23(50)15-61-45(3)36-28(55)26(53)31(21(13-47)62-36)65-38-30(57)27(54)32(22(14-48)64-38)66-37-29(56)25(52)24(51)20(12-46)63-37/h16,18-22,24-32,36-38,46-48,51-57H,4-15,39H2,1-3H3,(H2,40,58)(H,41,50)(H,42,60)(H,43,49)(H,44,59)/t16-,18-,19-,20+,21+,22+,24+,25-,26+,27+,28+,29+,30+,31+,32+,36-,37+,38+/m0/s1. The molecule has 0 aromatic rings. The number of carbonyl (C=O) groups excluding carboxylic acids is 5. The second-order valence-corrected chi connectivity index (χ2v) is 16.2. The van der Waals surface area contributed by atoms with Crippen LogP contribution >= 0.6 is 0 Å². The summed E-state index contributed by atoms with van der Waals surface area (Å²) in [5.74, 6) is -3.18. The first-order valence-electron chi connectivity index (χ1n) is 21.6. The zero-order chi connectivity index (χ0) is 49.4. The molecule has 5 amide bonds. The summed E-state index contributed by atoms with van der Waals surface area (Å²) in [7, 11) is 1.26. The highest BCUT2D eigenvalue weighted by Gasteiger charge is 2.54. The van der Waals surface area contributed by atoms with E-state index in [1.54, 1.807) is 0 Å². The number of primary amides is 1. The van der Waals surface area contributed by atoms with Gasteiger partial charge in [0.1, 0.15) is 98.0 Å². The molecule has 28 nitrogen and oxygen atoms in total. The van der Waals surface area contributed by atoms with Crippen molar-refractivity contribution < 1.29 is 104 Å². The minimum atomic E-state index is -2.01. The highest BCUT2D eigenvalue weighted by Crippen LogP contribution is 2.33. The van der Waals surface area contributed by atoms with Crippen molar-refractivity contribution in [3.63, 3.8) is 0 Å². The Hall–Kier alpha value is -3.37. The first-order valence-corrected chi connectivity index (χ1v) is 21.6. The minimum Gasteiger partial charge on any atom is -0.394 e. The number of amides is 5. The molecule has 18 N–H and O–H groups in total. The summed E-state index contributed by atoms with van der Waals surface area (Å²) in [5.41, 5.74) is 10.9. The summed E-state index contributed by atoms with van der Waals surface area (Å²) in [6.07, 6.45) is -23.8. The summed E-state index contributed by atoms with van der Waals surface area (Å²) in [6, 6.07) is -3.07. The van der Waals surface area contributed by atoms with E-state index in [1.165, 1.54) is 20.9 Å². The smallest absolute Gasteiger partial charge is 0.248 e. The van der Waals surface area contributed by atoms with Gasteiger partial charge in [0.05, 0.1) is 19.8 Å². The van der Waals surface area contributed by atoms with E-state index >= 15 is 0 Å². The first kappa shape index (κ1) is 57.0. The molecule has 3 rings (SSSR count). The predicted molar refractivity (Wildman–Crippen MR) is 219 cm³/mol. The molecule has 3 aliphatic rings. The van der Waals surface area contributed by atoms with Crippen molar-refractivity contribution in [1.82, 2.24) is 26.3 Å². The van der Waals surface area contributed by atoms with Crippen molar-refractivity contribution in [2.75, 3.05) is 46.6 Å². The lowest BCUT2D eigenvalue weighted by Gasteiger charge is -2.48. The topological polar surface area (TPSA) is 446 Å². The van der Waals surface area contributed by atoms with Crippen molar-refractivity contribution in [1.29, 1.82) is 0 Å². The van der Waals surface area contributed by atoms with Gasteiger partial charge in [-0.05, 0) is 52.0 Å². The molecule has 382 valence electrons. The molecule has 0 radical (unpaired) electrons. The van der Waals surface area contributed by atoms with Crippen molar-refractivity contribution in [3.8, 4) is 0 Å². The number of nitrogens with two attached hydrogens (primary N) is 2. The number of aliphatic hydroxyl groups excluding tert-OH is 10.